The van der Waals surface area contributed by atoms with Crippen molar-refractivity contribution in [2.75, 3.05) is 11.9 Å². The first-order valence-corrected chi connectivity index (χ1v) is 9.12. The molecule has 2 rings (SSSR count). The van der Waals surface area contributed by atoms with Crippen molar-refractivity contribution in [3.8, 4) is 12.3 Å². The van der Waals surface area contributed by atoms with Gasteiger partial charge in [-0.05, 0) is 36.4 Å². The Hall–Kier alpha value is -2.54. The molecule has 0 atom stereocenters. The lowest BCUT2D eigenvalue weighted by atomic mass is 10.1. The first kappa shape index (κ1) is 20.8. The molecule has 2 aromatic carbocycles. The van der Waals surface area contributed by atoms with Gasteiger partial charge < -0.3 is 5.32 Å². The third-order valence-corrected chi connectivity index (χ3v) is 5.03. The maximum atomic E-state index is 12.9. The molecule has 0 radical (unpaired) electrons. The first-order chi connectivity index (χ1) is 12.5. The third kappa shape index (κ3) is 5.23. The fraction of sp³-hybridized carbons (Fsp3) is 0.118. The molecule has 0 saturated carbocycles. The summed E-state index contributed by atoms with van der Waals surface area (Å²) in [5.74, 6) is 1.32. The molecule has 0 fully saturated rings. The summed E-state index contributed by atoms with van der Waals surface area (Å²) < 4.78 is 64.9. The summed E-state index contributed by atoms with van der Waals surface area (Å²) in [6.07, 6.45) is 0.315. The highest BCUT2D eigenvalue weighted by atomic mass is 35.5. The Balaban J connectivity index is 2.28. The van der Waals surface area contributed by atoms with E-state index in [1.54, 1.807) is 0 Å². The largest absolute Gasteiger partial charge is 0.417 e. The van der Waals surface area contributed by atoms with Crippen molar-refractivity contribution in [3.05, 3.63) is 58.6 Å². The van der Waals surface area contributed by atoms with Crippen LogP contribution >= 0.6 is 11.6 Å². The van der Waals surface area contributed by atoms with Crippen LogP contribution in [0.2, 0.25) is 5.02 Å². The third-order valence-electron chi connectivity index (χ3n) is 3.30. The Labute approximate surface area is 158 Å². The Morgan fingerprint density at radius 2 is 1.89 bits per heavy atom. The lowest BCUT2D eigenvalue weighted by molar-refractivity contribution is -0.137. The van der Waals surface area contributed by atoms with Gasteiger partial charge >= 0.3 is 6.18 Å². The molecule has 0 aliphatic carbocycles. The van der Waals surface area contributed by atoms with Gasteiger partial charge in [0.25, 0.3) is 5.91 Å². The quantitative estimate of drug-likeness (QED) is 0.732. The van der Waals surface area contributed by atoms with E-state index < -0.39 is 32.7 Å². The molecular formula is C17H12ClF3N2O3S. The number of halogens is 4. The molecule has 0 aliphatic heterocycles. The first-order valence-electron chi connectivity index (χ1n) is 7.26. The highest BCUT2D eigenvalue weighted by Crippen LogP contribution is 2.36. The molecule has 10 heteroatoms. The van der Waals surface area contributed by atoms with Gasteiger partial charge in [-0.2, -0.15) is 17.9 Å². The van der Waals surface area contributed by atoms with E-state index in [1.165, 1.54) is 24.3 Å². The number of hydrogen-bond donors (Lipinski definition) is 2. The highest BCUT2D eigenvalue weighted by molar-refractivity contribution is 7.89. The SMILES string of the molecule is C#CCNS(=O)(=O)c1cccc(C(=O)Nc2ccc(Cl)c(C(F)(F)F)c2)c1. The van der Waals surface area contributed by atoms with Crippen molar-refractivity contribution in [2.24, 2.45) is 0 Å². The number of rotatable bonds is 5. The Bertz CT molecular complexity index is 1010. The summed E-state index contributed by atoms with van der Waals surface area (Å²) >= 11 is 5.53. The van der Waals surface area contributed by atoms with Crippen LogP contribution in [0.25, 0.3) is 0 Å². The van der Waals surface area contributed by atoms with Crippen molar-refractivity contribution >= 4 is 33.2 Å². The van der Waals surface area contributed by atoms with E-state index in [4.69, 9.17) is 18.0 Å². The molecule has 27 heavy (non-hydrogen) atoms. The number of amides is 1. The predicted molar refractivity (Wildman–Crippen MR) is 94.9 cm³/mol. The number of nitrogens with one attached hydrogen (secondary N) is 2. The van der Waals surface area contributed by atoms with Crippen molar-refractivity contribution in [1.82, 2.24) is 4.72 Å². The number of carbonyl (C=O) groups excluding carboxylic acids is 1. The van der Waals surface area contributed by atoms with Crippen molar-refractivity contribution in [1.29, 1.82) is 0 Å². The molecule has 0 bridgehead atoms. The smallest absolute Gasteiger partial charge is 0.322 e. The minimum absolute atomic E-state index is 0.0675. The zero-order valence-electron chi connectivity index (χ0n) is 13.5. The normalized spacial score (nSPS) is 11.7. The van der Waals surface area contributed by atoms with Crippen molar-refractivity contribution < 1.29 is 26.4 Å². The van der Waals surface area contributed by atoms with E-state index in [9.17, 15) is 26.4 Å². The summed E-state index contributed by atoms with van der Waals surface area (Å²) in [6.45, 7) is -0.232. The molecule has 142 valence electrons. The minimum Gasteiger partial charge on any atom is -0.322 e. The van der Waals surface area contributed by atoms with Gasteiger partial charge in [0.15, 0.2) is 0 Å². The van der Waals surface area contributed by atoms with Crippen LogP contribution < -0.4 is 10.0 Å². The fourth-order valence-corrected chi connectivity index (χ4v) is 3.25. The molecule has 1 amide bonds. The van der Waals surface area contributed by atoms with Crippen LogP contribution in [0.4, 0.5) is 18.9 Å². The van der Waals surface area contributed by atoms with Crippen LogP contribution in [-0.2, 0) is 16.2 Å². The second kappa shape index (κ2) is 8.00. The van der Waals surface area contributed by atoms with Crippen molar-refractivity contribution in [3.63, 3.8) is 0 Å². The van der Waals surface area contributed by atoms with E-state index in [2.05, 4.69) is 16.0 Å². The van der Waals surface area contributed by atoms with Crippen LogP contribution in [0.5, 0.6) is 0 Å². The lowest BCUT2D eigenvalue weighted by Gasteiger charge is -2.12. The monoisotopic (exact) mass is 416 g/mol. The molecule has 0 unspecified atom stereocenters. The maximum absolute atomic E-state index is 12.9. The summed E-state index contributed by atoms with van der Waals surface area (Å²) in [5, 5.41) is 1.77. The van der Waals surface area contributed by atoms with Crippen molar-refractivity contribution in [2.45, 2.75) is 11.1 Å². The van der Waals surface area contributed by atoms with Gasteiger partial charge in [0, 0.05) is 11.3 Å². The molecule has 5 nitrogen and oxygen atoms in total. The standard InChI is InChI=1S/C17H12ClF3N2O3S/c1-2-8-22-27(25,26)13-5-3-4-11(9-13)16(24)23-12-6-7-15(18)14(10-12)17(19,20)21/h1,3-7,9-10,22H,8H2,(H,23,24). The molecule has 0 spiro atoms. The highest BCUT2D eigenvalue weighted by Gasteiger charge is 2.33. The van der Waals surface area contributed by atoms with Gasteiger partial charge in [0.1, 0.15) is 0 Å². The second-order valence-corrected chi connectivity index (χ2v) is 7.38. The molecule has 2 aromatic rings. The van der Waals surface area contributed by atoms with Gasteiger partial charge in [0.05, 0.1) is 22.0 Å². The lowest BCUT2D eigenvalue weighted by Crippen LogP contribution is -2.24. The molecular weight excluding hydrogens is 405 g/mol. The summed E-state index contributed by atoms with van der Waals surface area (Å²) in [5.41, 5.74) is -1.31. The summed E-state index contributed by atoms with van der Waals surface area (Å²) in [4.78, 5) is 12.1. The zero-order valence-corrected chi connectivity index (χ0v) is 15.0. The topological polar surface area (TPSA) is 75.3 Å². The molecule has 0 aromatic heterocycles. The van der Waals surface area contributed by atoms with E-state index in [-0.39, 0.29) is 22.7 Å². The average molecular weight is 417 g/mol. The van der Waals surface area contributed by atoms with E-state index in [1.807, 2.05) is 0 Å². The molecule has 0 aliphatic rings. The summed E-state index contributed by atoms with van der Waals surface area (Å²) in [7, 11) is -3.92. The second-order valence-electron chi connectivity index (χ2n) is 5.20. The van der Waals surface area contributed by atoms with Crippen LogP contribution in [0.3, 0.4) is 0 Å². The predicted octanol–water partition coefficient (Wildman–Crippen LogP) is 3.52. The van der Waals surface area contributed by atoms with E-state index >= 15 is 0 Å². The van der Waals surface area contributed by atoms with Crippen LogP contribution in [0, 0.1) is 12.3 Å². The van der Waals surface area contributed by atoms with E-state index in [0.29, 0.717) is 6.07 Å². The average Bonchev–Trinajstić information content (AvgIpc) is 2.60. The molecule has 0 saturated heterocycles. The van der Waals surface area contributed by atoms with Gasteiger partial charge in [-0.3, -0.25) is 4.79 Å². The van der Waals surface area contributed by atoms with Gasteiger partial charge in [-0.1, -0.05) is 23.6 Å². The fourth-order valence-electron chi connectivity index (χ4n) is 2.05. The number of terminal acetylenes is 1. The van der Waals surface area contributed by atoms with Gasteiger partial charge in [-0.25, -0.2) is 8.42 Å². The van der Waals surface area contributed by atoms with E-state index in [0.717, 1.165) is 12.1 Å². The number of alkyl halides is 3. The number of benzene rings is 2. The van der Waals surface area contributed by atoms with Gasteiger partial charge in [0.2, 0.25) is 10.0 Å². The van der Waals surface area contributed by atoms with Crippen LogP contribution in [-0.4, -0.2) is 20.9 Å². The maximum Gasteiger partial charge on any atom is 0.417 e. The zero-order chi connectivity index (χ0) is 20.2. The molecule has 2 N–H and O–H groups in total. The van der Waals surface area contributed by atoms with Crippen LogP contribution in [0.1, 0.15) is 15.9 Å². The Kier molecular flexibility index (Phi) is 6.15. The van der Waals surface area contributed by atoms with Crippen LogP contribution in [0.15, 0.2) is 47.4 Å². The number of anilines is 1. The number of sulfonamides is 1. The number of carbonyl (C=O) groups is 1. The summed E-state index contributed by atoms with van der Waals surface area (Å²) in [6, 6.07) is 7.86. The minimum atomic E-state index is -4.69. The van der Waals surface area contributed by atoms with Gasteiger partial charge in [-0.15, -0.1) is 6.42 Å². The number of hydrogen-bond acceptors (Lipinski definition) is 3. The molecule has 0 heterocycles. The Morgan fingerprint density at radius 1 is 1.19 bits per heavy atom. The Morgan fingerprint density at radius 3 is 2.52 bits per heavy atom.